The Morgan fingerprint density at radius 2 is 1.89 bits per heavy atom. The molecule has 18 heavy (non-hydrogen) atoms. The van der Waals surface area contributed by atoms with Gasteiger partial charge in [0.1, 0.15) is 0 Å². The molecule has 2 aromatic rings. The lowest BCUT2D eigenvalue weighted by molar-refractivity contribution is 0.148. The van der Waals surface area contributed by atoms with Crippen molar-refractivity contribution in [2.75, 3.05) is 0 Å². The van der Waals surface area contributed by atoms with E-state index in [1.807, 2.05) is 0 Å². The molecule has 0 amide bonds. The van der Waals surface area contributed by atoms with E-state index in [-0.39, 0.29) is 12.1 Å². The van der Waals surface area contributed by atoms with Crippen LogP contribution in [0.25, 0.3) is 10.8 Å². The van der Waals surface area contributed by atoms with Gasteiger partial charge in [-0.15, -0.1) is 0 Å². The Morgan fingerprint density at radius 1 is 1.06 bits per heavy atom. The second-order valence-corrected chi connectivity index (χ2v) is 5.12. The Labute approximate surface area is 108 Å². The van der Waals surface area contributed by atoms with E-state index in [2.05, 4.69) is 47.8 Å². The third-order valence-corrected chi connectivity index (χ3v) is 3.91. The minimum absolute atomic E-state index is 0.167. The lowest BCUT2D eigenvalue weighted by Crippen LogP contribution is -2.35. The normalized spacial score (nSPS) is 23.6. The number of hydrogen-bond donors (Lipinski definition) is 2. The van der Waals surface area contributed by atoms with Crippen LogP contribution in [0.1, 0.15) is 24.8 Å². The summed E-state index contributed by atoms with van der Waals surface area (Å²) in [6, 6.07) is 15.1. The quantitative estimate of drug-likeness (QED) is 0.866. The number of benzene rings is 2. The van der Waals surface area contributed by atoms with Crippen molar-refractivity contribution < 1.29 is 5.11 Å². The summed E-state index contributed by atoms with van der Waals surface area (Å²) in [4.78, 5) is 0. The molecule has 2 aromatic carbocycles. The zero-order valence-corrected chi connectivity index (χ0v) is 10.5. The average Bonchev–Trinajstić information content (AvgIpc) is 2.82. The minimum atomic E-state index is -0.167. The Morgan fingerprint density at radius 3 is 2.72 bits per heavy atom. The van der Waals surface area contributed by atoms with Crippen LogP contribution in [-0.4, -0.2) is 17.3 Å². The second kappa shape index (κ2) is 5.09. The lowest BCUT2D eigenvalue weighted by Gasteiger charge is -2.17. The molecule has 94 valence electrons. The zero-order valence-electron chi connectivity index (χ0n) is 10.5. The van der Waals surface area contributed by atoms with Gasteiger partial charge in [0.25, 0.3) is 0 Å². The number of hydrogen-bond acceptors (Lipinski definition) is 2. The monoisotopic (exact) mass is 241 g/mol. The SMILES string of the molecule is O[C@@H]1CCC[C@H]1NCc1cccc2ccccc12. The van der Waals surface area contributed by atoms with Crippen molar-refractivity contribution in [1.29, 1.82) is 0 Å². The van der Waals surface area contributed by atoms with Gasteiger partial charge in [0, 0.05) is 12.6 Å². The molecular weight excluding hydrogens is 222 g/mol. The Kier molecular flexibility index (Phi) is 3.31. The van der Waals surface area contributed by atoms with Crippen LogP contribution in [-0.2, 0) is 6.54 Å². The maximum absolute atomic E-state index is 9.82. The van der Waals surface area contributed by atoms with Crippen LogP contribution in [0.4, 0.5) is 0 Å². The van der Waals surface area contributed by atoms with Crippen molar-refractivity contribution in [1.82, 2.24) is 5.32 Å². The standard InChI is InChI=1S/C16H19NO/c18-16-10-4-9-15(16)17-11-13-7-3-6-12-5-1-2-8-14(12)13/h1-3,5-8,15-18H,4,9-11H2/t15-,16-/m1/s1. The summed E-state index contributed by atoms with van der Waals surface area (Å²) < 4.78 is 0. The van der Waals surface area contributed by atoms with E-state index in [4.69, 9.17) is 0 Å². The molecule has 0 unspecified atom stereocenters. The Hall–Kier alpha value is -1.38. The topological polar surface area (TPSA) is 32.3 Å². The van der Waals surface area contributed by atoms with Gasteiger partial charge in [-0.3, -0.25) is 0 Å². The molecule has 2 heteroatoms. The predicted molar refractivity (Wildman–Crippen MR) is 74.4 cm³/mol. The molecule has 0 heterocycles. The minimum Gasteiger partial charge on any atom is -0.392 e. The first kappa shape index (κ1) is 11.7. The van der Waals surface area contributed by atoms with Crippen molar-refractivity contribution in [2.24, 2.45) is 0 Å². The first-order valence-corrected chi connectivity index (χ1v) is 6.73. The summed E-state index contributed by atoms with van der Waals surface area (Å²) in [5, 5.41) is 15.9. The molecular formula is C16H19NO. The molecule has 2 nitrogen and oxygen atoms in total. The predicted octanol–water partition coefficient (Wildman–Crippen LogP) is 2.84. The number of aliphatic hydroxyl groups is 1. The van der Waals surface area contributed by atoms with Gasteiger partial charge in [0.2, 0.25) is 0 Å². The molecule has 1 aliphatic carbocycles. The maximum atomic E-state index is 9.82. The molecule has 0 aromatic heterocycles. The molecule has 1 saturated carbocycles. The largest absolute Gasteiger partial charge is 0.392 e. The molecule has 1 aliphatic rings. The fraction of sp³-hybridized carbons (Fsp3) is 0.375. The fourth-order valence-electron chi connectivity index (χ4n) is 2.87. The first-order chi connectivity index (χ1) is 8.84. The van der Waals surface area contributed by atoms with Crippen LogP contribution in [0.3, 0.4) is 0 Å². The van der Waals surface area contributed by atoms with Crippen molar-refractivity contribution in [3.8, 4) is 0 Å². The van der Waals surface area contributed by atoms with E-state index >= 15 is 0 Å². The van der Waals surface area contributed by atoms with E-state index in [9.17, 15) is 5.11 Å². The van der Waals surface area contributed by atoms with Gasteiger partial charge in [0.05, 0.1) is 6.10 Å². The van der Waals surface area contributed by atoms with Gasteiger partial charge in [-0.2, -0.15) is 0 Å². The van der Waals surface area contributed by atoms with Gasteiger partial charge < -0.3 is 10.4 Å². The van der Waals surface area contributed by atoms with Crippen LogP contribution in [0.2, 0.25) is 0 Å². The molecule has 2 N–H and O–H groups in total. The summed E-state index contributed by atoms with van der Waals surface area (Å²) in [7, 11) is 0. The van der Waals surface area contributed by atoms with Gasteiger partial charge in [-0.25, -0.2) is 0 Å². The number of fused-ring (bicyclic) bond motifs is 1. The van der Waals surface area contributed by atoms with Crippen LogP contribution >= 0.6 is 0 Å². The smallest absolute Gasteiger partial charge is 0.0693 e. The first-order valence-electron chi connectivity index (χ1n) is 6.73. The molecule has 3 rings (SSSR count). The highest BCUT2D eigenvalue weighted by molar-refractivity contribution is 5.85. The highest BCUT2D eigenvalue weighted by Gasteiger charge is 2.24. The number of aliphatic hydroxyl groups excluding tert-OH is 1. The van der Waals surface area contributed by atoms with Gasteiger partial charge in [0.15, 0.2) is 0 Å². The molecule has 2 atom stereocenters. The summed E-state index contributed by atoms with van der Waals surface area (Å²) in [6.07, 6.45) is 2.99. The Bertz CT molecular complexity index is 532. The highest BCUT2D eigenvalue weighted by atomic mass is 16.3. The Balaban J connectivity index is 1.78. The average molecular weight is 241 g/mol. The van der Waals surface area contributed by atoms with Crippen LogP contribution < -0.4 is 5.32 Å². The fourth-order valence-corrected chi connectivity index (χ4v) is 2.87. The van der Waals surface area contributed by atoms with Crippen molar-refractivity contribution >= 4 is 10.8 Å². The summed E-state index contributed by atoms with van der Waals surface area (Å²) >= 11 is 0. The molecule has 0 spiro atoms. The maximum Gasteiger partial charge on any atom is 0.0693 e. The van der Waals surface area contributed by atoms with Gasteiger partial charge >= 0.3 is 0 Å². The molecule has 0 saturated heterocycles. The summed E-state index contributed by atoms with van der Waals surface area (Å²) in [5.74, 6) is 0. The van der Waals surface area contributed by atoms with E-state index in [0.717, 1.165) is 25.8 Å². The van der Waals surface area contributed by atoms with Gasteiger partial charge in [-0.1, -0.05) is 42.5 Å². The highest BCUT2D eigenvalue weighted by Crippen LogP contribution is 2.21. The van der Waals surface area contributed by atoms with Crippen LogP contribution in [0.5, 0.6) is 0 Å². The lowest BCUT2D eigenvalue weighted by atomic mass is 10.0. The van der Waals surface area contributed by atoms with Crippen LogP contribution in [0, 0.1) is 0 Å². The zero-order chi connectivity index (χ0) is 12.4. The molecule has 0 aliphatic heterocycles. The van der Waals surface area contributed by atoms with E-state index in [1.54, 1.807) is 0 Å². The number of nitrogens with one attached hydrogen (secondary N) is 1. The van der Waals surface area contributed by atoms with Crippen LogP contribution in [0.15, 0.2) is 42.5 Å². The molecule has 1 fully saturated rings. The van der Waals surface area contributed by atoms with E-state index in [0.29, 0.717) is 0 Å². The summed E-state index contributed by atoms with van der Waals surface area (Å²) in [5.41, 5.74) is 1.31. The van der Waals surface area contributed by atoms with Crippen molar-refractivity contribution in [3.63, 3.8) is 0 Å². The third kappa shape index (κ3) is 2.26. The second-order valence-electron chi connectivity index (χ2n) is 5.12. The molecule has 0 bridgehead atoms. The van der Waals surface area contributed by atoms with E-state index < -0.39 is 0 Å². The molecule has 0 radical (unpaired) electrons. The third-order valence-electron chi connectivity index (χ3n) is 3.91. The van der Waals surface area contributed by atoms with Crippen molar-refractivity contribution in [3.05, 3.63) is 48.0 Å². The number of rotatable bonds is 3. The summed E-state index contributed by atoms with van der Waals surface area (Å²) in [6.45, 7) is 0.836. The van der Waals surface area contributed by atoms with Crippen molar-refractivity contribution in [2.45, 2.75) is 38.0 Å². The van der Waals surface area contributed by atoms with Gasteiger partial charge in [-0.05, 0) is 35.6 Å². The van der Waals surface area contributed by atoms with E-state index in [1.165, 1.54) is 16.3 Å².